The lowest BCUT2D eigenvalue weighted by Crippen LogP contribution is -2.26. The third-order valence-electron chi connectivity index (χ3n) is 9.76. The summed E-state index contributed by atoms with van der Waals surface area (Å²) in [5.74, 6) is 0.911. The van der Waals surface area contributed by atoms with Crippen molar-refractivity contribution in [2.45, 2.75) is 148 Å². The fourth-order valence-electron chi connectivity index (χ4n) is 7.04. The summed E-state index contributed by atoms with van der Waals surface area (Å²) in [7, 11) is 0. The first-order valence-corrected chi connectivity index (χ1v) is 15.9. The number of esters is 2. The third kappa shape index (κ3) is 9.15. The second-order valence-electron chi connectivity index (χ2n) is 12.9. The molecule has 9 atom stereocenters. The van der Waals surface area contributed by atoms with Crippen LogP contribution in [0.1, 0.15) is 117 Å². The molecule has 7 heteroatoms. The molecule has 3 fully saturated rings. The van der Waals surface area contributed by atoms with Crippen LogP contribution in [-0.4, -0.2) is 57.8 Å². The summed E-state index contributed by atoms with van der Waals surface area (Å²) in [6, 6.07) is 0. The Hall–Kier alpha value is -1.70. The van der Waals surface area contributed by atoms with Gasteiger partial charge in [0.1, 0.15) is 6.10 Å². The number of hydrogen-bond donors (Lipinski definition) is 3. The van der Waals surface area contributed by atoms with Crippen molar-refractivity contribution in [3.63, 3.8) is 0 Å². The first-order chi connectivity index (χ1) is 19.1. The van der Waals surface area contributed by atoms with Crippen molar-refractivity contribution < 1.29 is 34.4 Å². The molecule has 0 aromatic heterocycles. The van der Waals surface area contributed by atoms with Crippen molar-refractivity contribution >= 4 is 11.9 Å². The SMILES string of the molecule is C=C1C(=O)O[C@@H]2C[C@]3(C)[C@@H](CC[C@@H](C)OC(=O)CCCC[C@@H](O)/C=C/[C@@H](O)[C@H](O)CCCCCCCC)[C@@H]3C[C@H]12. The fraction of sp³-hybridized carbons (Fsp3) is 0.818. The van der Waals surface area contributed by atoms with Gasteiger partial charge in [-0.15, -0.1) is 0 Å². The van der Waals surface area contributed by atoms with Crippen LogP contribution in [0, 0.1) is 23.2 Å². The molecular weight excluding hydrogens is 508 g/mol. The van der Waals surface area contributed by atoms with E-state index < -0.39 is 18.3 Å². The molecule has 2 saturated carbocycles. The van der Waals surface area contributed by atoms with Gasteiger partial charge in [-0.2, -0.15) is 0 Å². The van der Waals surface area contributed by atoms with E-state index in [1.54, 1.807) is 6.08 Å². The molecule has 1 saturated heterocycles. The van der Waals surface area contributed by atoms with Gasteiger partial charge in [-0.05, 0) is 75.5 Å². The van der Waals surface area contributed by atoms with Crippen molar-refractivity contribution in [3.05, 3.63) is 24.3 Å². The van der Waals surface area contributed by atoms with Gasteiger partial charge in [0.15, 0.2) is 0 Å². The van der Waals surface area contributed by atoms with Gasteiger partial charge < -0.3 is 24.8 Å². The molecule has 3 rings (SSSR count). The van der Waals surface area contributed by atoms with Crippen LogP contribution in [0.4, 0.5) is 0 Å². The second-order valence-corrected chi connectivity index (χ2v) is 12.9. The van der Waals surface area contributed by atoms with E-state index in [1.807, 2.05) is 6.92 Å². The molecule has 1 heterocycles. The topological polar surface area (TPSA) is 113 Å². The maximum atomic E-state index is 12.3. The number of ether oxygens (including phenoxy) is 2. The molecular formula is C33H54O7. The number of aliphatic hydroxyl groups is 3. The molecule has 0 bridgehead atoms. The van der Waals surface area contributed by atoms with Crippen molar-refractivity contribution in [2.24, 2.45) is 23.2 Å². The number of fused-ring (bicyclic) bond motifs is 2. The van der Waals surface area contributed by atoms with Gasteiger partial charge >= 0.3 is 11.9 Å². The van der Waals surface area contributed by atoms with E-state index in [4.69, 9.17) is 9.47 Å². The monoisotopic (exact) mass is 562 g/mol. The summed E-state index contributed by atoms with van der Waals surface area (Å²) >= 11 is 0. The Morgan fingerprint density at radius 1 is 1.07 bits per heavy atom. The summed E-state index contributed by atoms with van der Waals surface area (Å²) in [4.78, 5) is 24.1. The van der Waals surface area contributed by atoms with Gasteiger partial charge in [-0.25, -0.2) is 4.79 Å². The molecule has 0 unspecified atom stereocenters. The fourth-order valence-corrected chi connectivity index (χ4v) is 7.04. The maximum Gasteiger partial charge on any atom is 0.334 e. The molecule has 1 aliphatic heterocycles. The lowest BCUT2D eigenvalue weighted by molar-refractivity contribution is -0.148. The Morgan fingerprint density at radius 2 is 1.77 bits per heavy atom. The molecule has 0 amide bonds. The largest absolute Gasteiger partial charge is 0.463 e. The highest BCUT2D eigenvalue weighted by Gasteiger charge is 2.66. The highest BCUT2D eigenvalue weighted by Crippen LogP contribution is 2.70. The van der Waals surface area contributed by atoms with Gasteiger partial charge in [0.05, 0.1) is 24.4 Å². The van der Waals surface area contributed by atoms with E-state index in [9.17, 15) is 24.9 Å². The predicted octanol–water partition coefficient (Wildman–Crippen LogP) is 5.79. The van der Waals surface area contributed by atoms with Crippen molar-refractivity contribution in [1.29, 1.82) is 0 Å². The number of aliphatic hydroxyl groups excluding tert-OH is 3. The van der Waals surface area contributed by atoms with Crippen LogP contribution >= 0.6 is 0 Å². The lowest BCUT2D eigenvalue weighted by atomic mass is 9.79. The Morgan fingerprint density at radius 3 is 2.52 bits per heavy atom. The maximum absolute atomic E-state index is 12.3. The number of rotatable bonds is 19. The third-order valence-corrected chi connectivity index (χ3v) is 9.76. The lowest BCUT2D eigenvalue weighted by Gasteiger charge is -2.27. The van der Waals surface area contributed by atoms with Crippen LogP contribution in [0.15, 0.2) is 24.3 Å². The minimum atomic E-state index is -0.972. The highest BCUT2D eigenvalue weighted by atomic mass is 16.6. The zero-order chi connectivity index (χ0) is 29.3. The molecule has 0 radical (unpaired) electrons. The van der Waals surface area contributed by atoms with E-state index in [0.717, 1.165) is 44.9 Å². The Kier molecular flexibility index (Phi) is 12.7. The Balaban J connectivity index is 1.22. The first-order valence-electron chi connectivity index (χ1n) is 15.9. The van der Waals surface area contributed by atoms with Crippen molar-refractivity contribution in [1.82, 2.24) is 0 Å². The Bertz CT molecular complexity index is 869. The summed E-state index contributed by atoms with van der Waals surface area (Å²) in [6.07, 6.45) is 13.6. The molecule has 0 aromatic rings. The molecule has 0 spiro atoms. The van der Waals surface area contributed by atoms with Gasteiger partial charge in [0.2, 0.25) is 0 Å². The van der Waals surface area contributed by atoms with Crippen LogP contribution in [0.3, 0.4) is 0 Å². The zero-order valence-corrected chi connectivity index (χ0v) is 25.1. The molecule has 0 aromatic carbocycles. The molecule has 3 aliphatic rings. The minimum absolute atomic E-state index is 0.0120. The van der Waals surface area contributed by atoms with Crippen LogP contribution < -0.4 is 0 Å². The Labute approximate surface area is 241 Å². The summed E-state index contributed by atoms with van der Waals surface area (Å²) in [5.41, 5.74) is 0.853. The molecule has 2 aliphatic carbocycles. The van der Waals surface area contributed by atoms with E-state index >= 15 is 0 Å². The minimum Gasteiger partial charge on any atom is -0.463 e. The van der Waals surface area contributed by atoms with Gasteiger partial charge in [-0.3, -0.25) is 4.79 Å². The molecule has 7 nitrogen and oxygen atoms in total. The molecule has 40 heavy (non-hydrogen) atoms. The van der Waals surface area contributed by atoms with Crippen LogP contribution in [-0.2, 0) is 19.1 Å². The summed E-state index contributed by atoms with van der Waals surface area (Å²) < 4.78 is 11.2. The van der Waals surface area contributed by atoms with Gasteiger partial charge in [0, 0.05) is 17.9 Å². The quantitative estimate of drug-likeness (QED) is 0.0790. The predicted molar refractivity (Wildman–Crippen MR) is 155 cm³/mol. The number of carbonyl (C=O) groups is 2. The normalized spacial score (nSPS) is 30.4. The molecule has 228 valence electrons. The van der Waals surface area contributed by atoms with Crippen molar-refractivity contribution in [3.8, 4) is 0 Å². The standard InChI is InChI=1S/C33H54O7/c1-5-6-7-8-9-10-14-28(35)29(36)19-17-24(34)13-11-12-15-31(37)39-22(2)16-18-26-27-20-25-23(3)32(38)40-30(25)21-33(26,27)4/h17,19,22,24-30,34-36H,3,5-16,18,20-21H2,1-2,4H3/b19-17+/t22-,24-,25-,26+,27+,28-,29-,30-,33-/m1/s1. The van der Waals surface area contributed by atoms with Crippen LogP contribution in [0.5, 0.6) is 0 Å². The summed E-state index contributed by atoms with van der Waals surface area (Å²) in [5, 5.41) is 30.4. The number of unbranched alkanes of at least 4 members (excludes halogenated alkanes) is 6. The smallest absolute Gasteiger partial charge is 0.334 e. The zero-order valence-electron chi connectivity index (χ0n) is 25.1. The first kappa shape index (κ1) is 32.8. The van der Waals surface area contributed by atoms with E-state index in [1.165, 1.54) is 25.3 Å². The average molecular weight is 563 g/mol. The highest BCUT2D eigenvalue weighted by molar-refractivity contribution is 5.90. The average Bonchev–Trinajstić information content (AvgIpc) is 3.40. The summed E-state index contributed by atoms with van der Waals surface area (Å²) in [6.45, 7) is 10.4. The van der Waals surface area contributed by atoms with Crippen LogP contribution in [0.25, 0.3) is 0 Å². The number of carbonyl (C=O) groups excluding carboxylic acids is 2. The van der Waals surface area contributed by atoms with E-state index in [-0.39, 0.29) is 35.5 Å². The van der Waals surface area contributed by atoms with Gasteiger partial charge in [0.25, 0.3) is 0 Å². The number of hydrogen-bond acceptors (Lipinski definition) is 7. The van der Waals surface area contributed by atoms with Crippen molar-refractivity contribution in [2.75, 3.05) is 0 Å². The van der Waals surface area contributed by atoms with Gasteiger partial charge in [-0.1, -0.05) is 71.1 Å². The molecule has 3 N–H and O–H groups in total. The van der Waals surface area contributed by atoms with E-state index in [0.29, 0.717) is 49.5 Å². The van der Waals surface area contributed by atoms with Crippen LogP contribution in [0.2, 0.25) is 0 Å². The second kappa shape index (κ2) is 15.5. The van der Waals surface area contributed by atoms with E-state index in [2.05, 4.69) is 20.4 Å².